The lowest BCUT2D eigenvalue weighted by atomic mass is 10.0. The number of hydrogen-bond donors (Lipinski definition) is 2. The fraction of sp³-hybridized carbons (Fsp3) is 0.385. The Balaban J connectivity index is 1.53. The third-order valence-corrected chi connectivity index (χ3v) is 5.92. The molecule has 7 heteroatoms. The first-order chi connectivity index (χ1) is 16.0. The summed E-state index contributed by atoms with van der Waals surface area (Å²) < 4.78 is 16.9. The van der Waals surface area contributed by atoms with Crippen LogP contribution in [0.15, 0.2) is 47.0 Å². The molecule has 0 unspecified atom stereocenters. The number of methoxy groups -OCH3 is 1. The third-order valence-electron chi connectivity index (χ3n) is 5.92. The monoisotopic (exact) mass is 449 g/mol. The fourth-order valence-corrected chi connectivity index (χ4v) is 4.23. The number of rotatable bonds is 8. The first-order valence-electron chi connectivity index (χ1n) is 11.4. The number of ether oxygens (including phenoxy) is 2. The second-order valence-electron chi connectivity index (χ2n) is 8.44. The standard InChI is InChI=1S/C26H31N3O4/c1-17-26(18(2)33-29-17)23-15-20(10-11-24(23)32-16-21-8-4-5-12-27-21)28-25(30)14-19-7-6-9-22(13-19)31-3/h6-7,9-11,13,15,21,27H,4-5,8,12,14,16H2,1-3H3,(H,28,30)/t21-/m1/s1. The van der Waals surface area contributed by atoms with Crippen molar-refractivity contribution < 1.29 is 18.8 Å². The molecular weight excluding hydrogens is 418 g/mol. The van der Waals surface area contributed by atoms with Gasteiger partial charge in [0.25, 0.3) is 0 Å². The highest BCUT2D eigenvalue weighted by Gasteiger charge is 2.19. The normalized spacial score (nSPS) is 15.8. The van der Waals surface area contributed by atoms with E-state index in [2.05, 4.69) is 15.8 Å². The van der Waals surface area contributed by atoms with Gasteiger partial charge in [-0.25, -0.2) is 0 Å². The molecule has 4 rings (SSSR count). The lowest BCUT2D eigenvalue weighted by Crippen LogP contribution is -2.38. The summed E-state index contributed by atoms with van der Waals surface area (Å²) in [6.07, 6.45) is 3.80. The number of carbonyl (C=O) groups is 1. The summed E-state index contributed by atoms with van der Waals surface area (Å²) in [4.78, 5) is 12.7. The highest BCUT2D eigenvalue weighted by atomic mass is 16.5. The molecule has 1 saturated heterocycles. The third kappa shape index (κ3) is 5.73. The molecule has 1 aliphatic rings. The van der Waals surface area contributed by atoms with Gasteiger partial charge >= 0.3 is 0 Å². The van der Waals surface area contributed by atoms with Gasteiger partial charge in [0.15, 0.2) is 0 Å². The lowest BCUT2D eigenvalue weighted by molar-refractivity contribution is -0.115. The number of nitrogens with zero attached hydrogens (tertiary/aromatic N) is 1. The van der Waals surface area contributed by atoms with Gasteiger partial charge in [-0.3, -0.25) is 4.79 Å². The maximum Gasteiger partial charge on any atom is 0.228 e. The van der Waals surface area contributed by atoms with Crippen LogP contribution in [-0.4, -0.2) is 37.4 Å². The Hall–Kier alpha value is -3.32. The van der Waals surface area contributed by atoms with Crippen molar-refractivity contribution in [2.45, 2.75) is 45.6 Å². The minimum absolute atomic E-state index is 0.104. The topological polar surface area (TPSA) is 85.6 Å². The summed E-state index contributed by atoms with van der Waals surface area (Å²) in [7, 11) is 1.61. The van der Waals surface area contributed by atoms with E-state index in [0.29, 0.717) is 24.1 Å². The number of hydrogen-bond acceptors (Lipinski definition) is 6. The highest BCUT2D eigenvalue weighted by Crippen LogP contribution is 2.37. The zero-order valence-corrected chi connectivity index (χ0v) is 19.4. The van der Waals surface area contributed by atoms with E-state index < -0.39 is 0 Å². The maximum atomic E-state index is 12.7. The number of anilines is 1. The summed E-state index contributed by atoms with van der Waals surface area (Å²) in [5.74, 6) is 2.10. The first kappa shape index (κ1) is 22.9. The molecule has 0 radical (unpaired) electrons. The Morgan fingerprint density at radius 2 is 2.09 bits per heavy atom. The van der Waals surface area contributed by atoms with Gasteiger partial charge in [-0.2, -0.15) is 0 Å². The molecule has 1 fully saturated rings. The predicted octanol–water partition coefficient (Wildman–Crippen LogP) is 4.67. The van der Waals surface area contributed by atoms with Crippen LogP contribution in [0.4, 0.5) is 5.69 Å². The molecule has 0 aliphatic carbocycles. The Kier molecular flexibility index (Phi) is 7.29. The van der Waals surface area contributed by atoms with Crippen LogP contribution in [0.2, 0.25) is 0 Å². The minimum atomic E-state index is -0.104. The fourth-order valence-electron chi connectivity index (χ4n) is 4.23. The van der Waals surface area contributed by atoms with Gasteiger partial charge in [0.1, 0.15) is 23.9 Å². The van der Waals surface area contributed by atoms with Crippen LogP contribution < -0.4 is 20.1 Å². The summed E-state index contributed by atoms with van der Waals surface area (Å²) in [6.45, 7) is 5.42. The molecular formula is C26H31N3O4. The van der Waals surface area contributed by atoms with Crippen LogP contribution in [0.3, 0.4) is 0 Å². The van der Waals surface area contributed by atoms with Crippen LogP contribution in [0.25, 0.3) is 11.1 Å². The number of aromatic nitrogens is 1. The molecule has 1 aliphatic heterocycles. The Labute approximate surface area is 194 Å². The van der Waals surface area contributed by atoms with E-state index in [1.165, 1.54) is 12.8 Å². The van der Waals surface area contributed by atoms with E-state index in [1.807, 2.05) is 56.3 Å². The van der Waals surface area contributed by atoms with Crippen molar-refractivity contribution in [3.63, 3.8) is 0 Å². The Bertz CT molecular complexity index is 1080. The average Bonchev–Trinajstić information content (AvgIpc) is 3.16. The molecule has 1 amide bonds. The second-order valence-corrected chi connectivity index (χ2v) is 8.44. The molecule has 0 bridgehead atoms. The maximum absolute atomic E-state index is 12.7. The average molecular weight is 450 g/mol. The van der Waals surface area contributed by atoms with Crippen LogP contribution >= 0.6 is 0 Å². The highest BCUT2D eigenvalue weighted by molar-refractivity contribution is 5.93. The summed E-state index contributed by atoms with van der Waals surface area (Å²) in [6, 6.07) is 13.6. The molecule has 33 heavy (non-hydrogen) atoms. The van der Waals surface area contributed by atoms with E-state index >= 15 is 0 Å². The SMILES string of the molecule is COc1cccc(CC(=O)Nc2ccc(OC[C@H]3CCCCN3)c(-c3c(C)noc3C)c2)c1. The van der Waals surface area contributed by atoms with Gasteiger partial charge < -0.3 is 24.6 Å². The predicted molar refractivity (Wildman–Crippen MR) is 128 cm³/mol. The second kappa shape index (κ2) is 10.5. The molecule has 2 N–H and O–H groups in total. The van der Waals surface area contributed by atoms with E-state index in [9.17, 15) is 4.79 Å². The van der Waals surface area contributed by atoms with Crippen molar-refractivity contribution in [3.8, 4) is 22.6 Å². The summed E-state index contributed by atoms with van der Waals surface area (Å²) in [5.41, 5.74) is 4.12. The van der Waals surface area contributed by atoms with Crippen molar-refractivity contribution in [1.29, 1.82) is 0 Å². The van der Waals surface area contributed by atoms with Crippen molar-refractivity contribution in [3.05, 3.63) is 59.5 Å². The van der Waals surface area contributed by atoms with Crippen molar-refractivity contribution in [1.82, 2.24) is 10.5 Å². The summed E-state index contributed by atoms with van der Waals surface area (Å²) in [5, 5.41) is 10.6. The number of carbonyl (C=O) groups excluding carboxylic acids is 1. The van der Waals surface area contributed by atoms with E-state index in [4.69, 9.17) is 14.0 Å². The van der Waals surface area contributed by atoms with Crippen LogP contribution in [-0.2, 0) is 11.2 Å². The number of nitrogens with one attached hydrogen (secondary N) is 2. The van der Waals surface area contributed by atoms with Crippen molar-refractivity contribution >= 4 is 11.6 Å². The zero-order valence-electron chi connectivity index (χ0n) is 19.4. The van der Waals surface area contributed by atoms with Gasteiger partial charge in [0.05, 0.1) is 24.8 Å². The number of piperidine rings is 1. The molecule has 2 aromatic carbocycles. The van der Waals surface area contributed by atoms with E-state index in [1.54, 1.807) is 7.11 Å². The number of benzene rings is 2. The molecule has 1 aromatic heterocycles. The van der Waals surface area contributed by atoms with Gasteiger partial charge in [-0.05, 0) is 69.1 Å². The van der Waals surface area contributed by atoms with Crippen LogP contribution in [0.5, 0.6) is 11.5 Å². The van der Waals surface area contributed by atoms with E-state index in [-0.39, 0.29) is 12.3 Å². The van der Waals surface area contributed by atoms with E-state index in [0.717, 1.165) is 46.8 Å². The quantitative estimate of drug-likeness (QED) is 0.520. The van der Waals surface area contributed by atoms with Crippen molar-refractivity contribution in [2.75, 3.05) is 25.6 Å². The van der Waals surface area contributed by atoms with Crippen LogP contribution in [0, 0.1) is 13.8 Å². The minimum Gasteiger partial charge on any atom is -0.497 e. The molecule has 7 nitrogen and oxygen atoms in total. The van der Waals surface area contributed by atoms with Gasteiger partial charge in [0.2, 0.25) is 5.91 Å². The molecule has 2 heterocycles. The largest absolute Gasteiger partial charge is 0.497 e. The Morgan fingerprint density at radius 3 is 2.82 bits per heavy atom. The Morgan fingerprint density at radius 1 is 1.21 bits per heavy atom. The summed E-state index contributed by atoms with van der Waals surface area (Å²) >= 11 is 0. The molecule has 0 spiro atoms. The van der Waals surface area contributed by atoms with Gasteiger partial charge in [0, 0.05) is 17.3 Å². The first-order valence-corrected chi connectivity index (χ1v) is 11.4. The van der Waals surface area contributed by atoms with Gasteiger partial charge in [-0.15, -0.1) is 0 Å². The van der Waals surface area contributed by atoms with Crippen LogP contribution in [0.1, 0.15) is 36.3 Å². The molecule has 1 atom stereocenters. The number of aryl methyl sites for hydroxylation is 2. The lowest BCUT2D eigenvalue weighted by Gasteiger charge is -2.24. The molecule has 0 saturated carbocycles. The zero-order chi connectivity index (χ0) is 23.2. The molecule has 3 aromatic rings. The smallest absolute Gasteiger partial charge is 0.228 e. The molecule has 174 valence electrons. The van der Waals surface area contributed by atoms with Crippen molar-refractivity contribution in [2.24, 2.45) is 0 Å². The van der Waals surface area contributed by atoms with Gasteiger partial charge in [-0.1, -0.05) is 23.7 Å². The number of amides is 1.